The molecule has 2 N–H and O–H groups in total. The number of aryl methyl sites for hydroxylation is 1. The van der Waals surface area contributed by atoms with E-state index in [1.54, 1.807) is 29.1 Å². The molecule has 4 heterocycles. The largest absolute Gasteiger partial charge is 0.393 e. The predicted octanol–water partition coefficient (Wildman–Crippen LogP) is 4.10. The number of rotatable bonds is 7. The summed E-state index contributed by atoms with van der Waals surface area (Å²) in [6.45, 7) is 1.92. The van der Waals surface area contributed by atoms with Gasteiger partial charge in [-0.25, -0.2) is 18.3 Å². The number of carbonyl (C=O) groups excluding carboxylic acids is 2. The van der Waals surface area contributed by atoms with Crippen molar-refractivity contribution in [2.45, 2.75) is 70.1 Å². The monoisotopic (exact) mass is 579 g/mol. The average molecular weight is 580 g/mol. The predicted molar refractivity (Wildman–Crippen MR) is 135 cm³/mol. The lowest BCUT2D eigenvalue weighted by Crippen LogP contribution is -2.56. The zero-order valence-corrected chi connectivity index (χ0v) is 22.3. The topological polar surface area (TPSA) is 106 Å². The van der Waals surface area contributed by atoms with Crippen molar-refractivity contribution in [3.8, 4) is 0 Å². The van der Waals surface area contributed by atoms with Crippen molar-refractivity contribution in [2.24, 2.45) is 23.2 Å². The number of hydrogen-bond donors (Lipinski definition) is 2. The highest BCUT2D eigenvalue weighted by Crippen LogP contribution is 2.66. The van der Waals surface area contributed by atoms with Crippen molar-refractivity contribution < 1.29 is 31.5 Å². The summed E-state index contributed by atoms with van der Waals surface area (Å²) in [5.74, 6) is -6.02. The number of piperidine rings is 1. The standard InChI is InChI=1S/C27H30F5N7O2/c1-2-38-20(5-6-34-38)24(41)36-22(16-9-25(10-16)13-26(28,29)14-25)19-12-39-21(35-19)4-3-18(37-39)8-15-7-17(27(30,31)32)11-33-23(15)40/h3-6,12,15-17,22H,2,7-11,13-14H2,1H3,(H,33,40)(H,36,41)/t15?,17-,22+/m1/s1. The Labute approximate surface area is 231 Å². The first-order valence-electron chi connectivity index (χ1n) is 13.7. The molecule has 1 saturated heterocycles. The molecule has 3 aromatic heterocycles. The summed E-state index contributed by atoms with van der Waals surface area (Å²) in [6.07, 6.45) is -0.749. The lowest BCUT2D eigenvalue weighted by atomic mass is 9.49. The van der Waals surface area contributed by atoms with Crippen LogP contribution in [0.5, 0.6) is 0 Å². The van der Waals surface area contributed by atoms with E-state index in [1.165, 1.54) is 10.7 Å². The maximum atomic E-state index is 13.7. The van der Waals surface area contributed by atoms with E-state index in [2.05, 4.69) is 25.8 Å². The third-order valence-electron chi connectivity index (χ3n) is 8.76. The van der Waals surface area contributed by atoms with Gasteiger partial charge in [0.25, 0.3) is 5.91 Å². The highest BCUT2D eigenvalue weighted by Gasteiger charge is 2.63. The van der Waals surface area contributed by atoms with Gasteiger partial charge in [0.05, 0.1) is 29.5 Å². The Morgan fingerprint density at radius 1 is 1.22 bits per heavy atom. The van der Waals surface area contributed by atoms with Gasteiger partial charge < -0.3 is 10.6 Å². The van der Waals surface area contributed by atoms with E-state index in [9.17, 15) is 31.5 Å². The Kier molecular flexibility index (Phi) is 6.57. The van der Waals surface area contributed by atoms with Gasteiger partial charge in [0.15, 0.2) is 5.65 Å². The molecule has 2 amide bonds. The van der Waals surface area contributed by atoms with Crippen LogP contribution in [0.2, 0.25) is 0 Å². The number of carbonyl (C=O) groups is 2. The highest BCUT2D eigenvalue weighted by molar-refractivity contribution is 5.92. The molecule has 41 heavy (non-hydrogen) atoms. The molecule has 2 saturated carbocycles. The van der Waals surface area contributed by atoms with Gasteiger partial charge in [0.2, 0.25) is 11.8 Å². The van der Waals surface area contributed by atoms with Crippen LogP contribution < -0.4 is 10.6 Å². The van der Waals surface area contributed by atoms with Gasteiger partial charge >= 0.3 is 6.18 Å². The van der Waals surface area contributed by atoms with Gasteiger partial charge in [-0.3, -0.25) is 14.3 Å². The molecule has 2 aliphatic carbocycles. The Balaban J connectivity index is 1.23. The van der Waals surface area contributed by atoms with Crippen molar-refractivity contribution in [3.05, 3.63) is 47.7 Å². The number of imidazole rings is 1. The number of nitrogens with zero attached hydrogens (tertiary/aromatic N) is 5. The fourth-order valence-corrected chi connectivity index (χ4v) is 6.83. The van der Waals surface area contributed by atoms with Crippen LogP contribution in [-0.2, 0) is 17.8 Å². The number of alkyl halides is 5. The van der Waals surface area contributed by atoms with Crippen LogP contribution in [0.15, 0.2) is 30.6 Å². The van der Waals surface area contributed by atoms with E-state index in [-0.39, 0.29) is 37.5 Å². The Morgan fingerprint density at radius 2 is 1.98 bits per heavy atom. The summed E-state index contributed by atoms with van der Waals surface area (Å²) in [5.41, 5.74) is 1.34. The number of hydrogen-bond acceptors (Lipinski definition) is 5. The van der Waals surface area contributed by atoms with Crippen LogP contribution in [0.4, 0.5) is 22.0 Å². The maximum Gasteiger partial charge on any atom is 0.393 e. The Hall–Kier alpha value is -3.58. The first-order valence-corrected chi connectivity index (χ1v) is 13.7. The lowest BCUT2D eigenvalue weighted by molar-refractivity contribution is -0.210. The molecule has 1 unspecified atom stereocenters. The van der Waals surface area contributed by atoms with Crippen LogP contribution in [0.25, 0.3) is 5.65 Å². The van der Waals surface area contributed by atoms with E-state index < -0.39 is 47.8 Å². The van der Waals surface area contributed by atoms with Crippen molar-refractivity contribution >= 4 is 17.5 Å². The zero-order chi connectivity index (χ0) is 29.2. The molecule has 1 aliphatic heterocycles. The van der Waals surface area contributed by atoms with E-state index in [0.29, 0.717) is 42.1 Å². The molecule has 0 radical (unpaired) electrons. The molecule has 3 fully saturated rings. The summed E-state index contributed by atoms with van der Waals surface area (Å²) in [5, 5.41) is 14.0. The molecular weight excluding hydrogens is 549 g/mol. The quantitative estimate of drug-likeness (QED) is 0.410. The van der Waals surface area contributed by atoms with Gasteiger partial charge in [-0.05, 0) is 55.7 Å². The first-order chi connectivity index (χ1) is 19.3. The van der Waals surface area contributed by atoms with E-state index >= 15 is 0 Å². The minimum Gasteiger partial charge on any atom is -0.355 e. The summed E-state index contributed by atoms with van der Waals surface area (Å²) < 4.78 is 70.1. The first kappa shape index (κ1) is 27.6. The van der Waals surface area contributed by atoms with Crippen LogP contribution in [0.1, 0.15) is 66.9 Å². The van der Waals surface area contributed by atoms with E-state index in [1.807, 2.05) is 6.92 Å². The molecule has 14 heteroatoms. The molecular formula is C27H30F5N7O2. The maximum absolute atomic E-state index is 13.7. The molecule has 0 aromatic carbocycles. The molecule has 9 nitrogen and oxygen atoms in total. The Morgan fingerprint density at radius 3 is 2.66 bits per heavy atom. The summed E-state index contributed by atoms with van der Waals surface area (Å²) in [7, 11) is 0. The van der Waals surface area contributed by atoms with Crippen LogP contribution >= 0.6 is 0 Å². The van der Waals surface area contributed by atoms with Crippen LogP contribution in [0, 0.1) is 23.2 Å². The van der Waals surface area contributed by atoms with Gasteiger partial charge in [-0.1, -0.05) is 0 Å². The van der Waals surface area contributed by atoms with Gasteiger partial charge in [0, 0.05) is 44.5 Å². The Bertz CT molecular complexity index is 1470. The molecule has 3 atom stereocenters. The zero-order valence-electron chi connectivity index (χ0n) is 22.3. The smallest absolute Gasteiger partial charge is 0.355 e. The molecule has 6 rings (SSSR count). The molecule has 1 spiro atoms. The summed E-state index contributed by atoms with van der Waals surface area (Å²) in [6, 6.07) is 4.32. The fourth-order valence-electron chi connectivity index (χ4n) is 6.83. The highest BCUT2D eigenvalue weighted by atomic mass is 19.4. The van der Waals surface area contributed by atoms with Gasteiger partial charge in [0.1, 0.15) is 5.69 Å². The second-order valence-corrected chi connectivity index (χ2v) is 11.8. The number of aromatic nitrogens is 5. The number of fused-ring (bicyclic) bond motifs is 1. The minimum absolute atomic E-state index is 0.0302. The summed E-state index contributed by atoms with van der Waals surface area (Å²) in [4.78, 5) is 30.2. The number of nitrogens with one attached hydrogen (secondary N) is 2. The second-order valence-electron chi connectivity index (χ2n) is 11.8. The molecule has 220 valence electrons. The third kappa shape index (κ3) is 5.28. The second kappa shape index (κ2) is 9.76. The van der Waals surface area contributed by atoms with Crippen LogP contribution in [0.3, 0.4) is 0 Å². The normalized spacial score (nSPS) is 24.5. The molecule has 3 aliphatic rings. The average Bonchev–Trinajstić information content (AvgIpc) is 3.51. The summed E-state index contributed by atoms with van der Waals surface area (Å²) >= 11 is 0. The minimum atomic E-state index is -4.40. The number of halogens is 5. The van der Waals surface area contributed by atoms with Crippen molar-refractivity contribution in [1.82, 2.24) is 35.0 Å². The lowest BCUT2D eigenvalue weighted by Gasteiger charge is -2.58. The number of amides is 2. The van der Waals surface area contributed by atoms with Crippen LogP contribution in [-0.4, -0.2) is 54.8 Å². The molecule has 3 aromatic rings. The van der Waals surface area contributed by atoms with Crippen molar-refractivity contribution in [2.75, 3.05) is 6.54 Å². The van der Waals surface area contributed by atoms with Gasteiger partial charge in [-0.15, -0.1) is 0 Å². The van der Waals surface area contributed by atoms with Gasteiger partial charge in [-0.2, -0.15) is 23.4 Å². The van der Waals surface area contributed by atoms with Crippen molar-refractivity contribution in [3.63, 3.8) is 0 Å². The van der Waals surface area contributed by atoms with Crippen molar-refractivity contribution in [1.29, 1.82) is 0 Å². The van der Waals surface area contributed by atoms with E-state index in [0.717, 1.165) is 0 Å². The van der Waals surface area contributed by atoms with E-state index in [4.69, 9.17) is 0 Å². The molecule has 0 bridgehead atoms. The fraction of sp³-hybridized carbons (Fsp3) is 0.593. The third-order valence-corrected chi connectivity index (χ3v) is 8.76. The SMILES string of the molecule is CCn1nccc1C(=O)N[C@H](c1cn2nc(CC3C[C@@H](C(F)(F)F)CNC3=O)ccc2n1)C1CC2(C1)CC(F)(F)C2.